The van der Waals surface area contributed by atoms with Crippen molar-refractivity contribution < 1.29 is 0 Å². The summed E-state index contributed by atoms with van der Waals surface area (Å²) in [4.78, 5) is 12.6. The molecule has 0 aliphatic carbocycles. The number of fused-ring (bicyclic) bond motifs is 1. The SMILES string of the molecule is CC(C)=CCSc1nnc2c(=O)n(-c3ccc(Cl)cc3)ccn12. The topological polar surface area (TPSA) is 52.2 Å². The molecule has 23 heavy (non-hydrogen) atoms. The van der Waals surface area contributed by atoms with Crippen LogP contribution in [0.4, 0.5) is 0 Å². The molecule has 5 nitrogen and oxygen atoms in total. The molecule has 0 atom stereocenters. The highest BCUT2D eigenvalue weighted by molar-refractivity contribution is 7.99. The molecule has 0 saturated heterocycles. The molecule has 0 saturated carbocycles. The van der Waals surface area contributed by atoms with Crippen molar-refractivity contribution in [3.63, 3.8) is 0 Å². The highest BCUT2D eigenvalue weighted by atomic mass is 35.5. The molecule has 0 amide bonds. The number of nitrogens with zero attached hydrogens (tertiary/aromatic N) is 4. The Kier molecular flexibility index (Phi) is 4.54. The van der Waals surface area contributed by atoms with Crippen molar-refractivity contribution in [2.24, 2.45) is 0 Å². The maximum Gasteiger partial charge on any atom is 0.300 e. The molecule has 0 aliphatic rings. The molecule has 0 radical (unpaired) electrons. The molecule has 1 aromatic carbocycles. The van der Waals surface area contributed by atoms with Crippen LogP contribution in [-0.2, 0) is 0 Å². The normalized spacial score (nSPS) is 10.9. The molecule has 0 unspecified atom stereocenters. The van der Waals surface area contributed by atoms with E-state index in [-0.39, 0.29) is 5.56 Å². The fourth-order valence-corrected chi connectivity index (χ4v) is 3.13. The zero-order valence-corrected chi connectivity index (χ0v) is 14.3. The van der Waals surface area contributed by atoms with Crippen molar-refractivity contribution in [2.45, 2.75) is 19.0 Å². The van der Waals surface area contributed by atoms with Crippen molar-refractivity contribution in [3.05, 3.63) is 63.7 Å². The maximum absolute atomic E-state index is 12.6. The molecule has 3 rings (SSSR count). The lowest BCUT2D eigenvalue weighted by Gasteiger charge is -2.06. The third-order valence-electron chi connectivity index (χ3n) is 3.25. The number of aromatic nitrogens is 4. The number of hydrogen-bond donors (Lipinski definition) is 0. The number of allylic oxidation sites excluding steroid dienone is 1. The van der Waals surface area contributed by atoms with Gasteiger partial charge in [0.25, 0.3) is 0 Å². The Morgan fingerprint density at radius 3 is 2.65 bits per heavy atom. The van der Waals surface area contributed by atoms with Crippen molar-refractivity contribution in [3.8, 4) is 5.69 Å². The molecule has 7 heteroatoms. The summed E-state index contributed by atoms with van der Waals surface area (Å²) < 4.78 is 3.25. The Labute approximate surface area is 142 Å². The molecule has 3 aromatic rings. The molecule has 0 spiro atoms. The first kappa shape index (κ1) is 15.8. The van der Waals surface area contributed by atoms with Crippen LogP contribution in [-0.4, -0.2) is 24.9 Å². The Hall–Kier alpha value is -2.05. The van der Waals surface area contributed by atoms with Crippen molar-refractivity contribution in [1.29, 1.82) is 0 Å². The first-order chi connectivity index (χ1) is 11.1. The zero-order chi connectivity index (χ0) is 16.4. The molecule has 2 heterocycles. The number of halogens is 1. The summed E-state index contributed by atoms with van der Waals surface area (Å²) in [5.74, 6) is 0.795. The van der Waals surface area contributed by atoms with Crippen LogP contribution in [0.25, 0.3) is 11.3 Å². The van der Waals surface area contributed by atoms with Gasteiger partial charge in [0.1, 0.15) is 0 Å². The fourth-order valence-electron chi connectivity index (χ4n) is 2.05. The summed E-state index contributed by atoms with van der Waals surface area (Å²) >= 11 is 7.43. The van der Waals surface area contributed by atoms with Crippen LogP contribution in [0.2, 0.25) is 5.02 Å². The van der Waals surface area contributed by atoms with Gasteiger partial charge in [-0.3, -0.25) is 13.8 Å². The van der Waals surface area contributed by atoms with E-state index in [4.69, 9.17) is 11.6 Å². The van der Waals surface area contributed by atoms with Crippen LogP contribution in [0.5, 0.6) is 0 Å². The third-order valence-corrected chi connectivity index (χ3v) is 4.37. The quantitative estimate of drug-likeness (QED) is 0.535. The summed E-state index contributed by atoms with van der Waals surface area (Å²) in [6, 6.07) is 7.08. The Bertz CT molecular complexity index is 923. The van der Waals surface area contributed by atoms with Crippen LogP contribution < -0.4 is 5.56 Å². The molecule has 0 aliphatic heterocycles. The second kappa shape index (κ2) is 6.60. The monoisotopic (exact) mass is 346 g/mol. The van der Waals surface area contributed by atoms with E-state index >= 15 is 0 Å². The molecule has 0 fully saturated rings. The summed E-state index contributed by atoms with van der Waals surface area (Å²) in [5, 5.41) is 9.48. The van der Waals surface area contributed by atoms with Gasteiger partial charge in [0.2, 0.25) is 5.65 Å². The second-order valence-electron chi connectivity index (χ2n) is 5.22. The highest BCUT2D eigenvalue weighted by Crippen LogP contribution is 2.17. The van der Waals surface area contributed by atoms with E-state index in [1.54, 1.807) is 52.8 Å². The van der Waals surface area contributed by atoms with Gasteiger partial charge in [-0.1, -0.05) is 35.0 Å². The number of benzene rings is 1. The first-order valence-corrected chi connectivity index (χ1v) is 8.41. The van der Waals surface area contributed by atoms with E-state index < -0.39 is 0 Å². The minimum absolute atomic E-state index is 0.212. The third kappa shape index (κ3) is 3.33. The zero-order valence-electron chi connectivity index (χ0n) is 12.7. The van der Waals surface area contributed by atoms with Crippen molar-refractivity contribution in [2.75, 3.05) is 5.75 Å². The van der Waals surface area contributed by atoms with Crippen LogP contribution in [0, 0.1) is 0 Å². The number of hydrogen-bond acceptors (Lipinski definition) is 4. The van der Waals surface area contributed by atoms with Gasteiger partial charge in [0.15, 0.2) is 5.16 Å². The molecule has 2 aromatic heterocycles. The Morgan fingerprint density at radius 1 is 1.22 bits per heavy atom. The summed E-state index contributed by atoms with van der Waals surface area (Å²) in [6.07, 6.45) is 5.63. The average Bonchev–Trinajstić information content (AvgIpc) is 2.93. The van der Waals surface area contributed by atoms with Gasteiger partial charge in [-0.15, -0.1) is 10.2 Å². The van der Waals surface area contributed by atoms with Gasteiger partial charge in [0.05, 0.1) is 0 Å². The van der Waals surface area contributed by atoms with Gasteiger partial charge in [-0.2, -0.15) is 0 Å². The minimum Gasteiger partial charge on any atom is -0.280 e. The Morgan fingerprint density at radius 2 is 1.96 bits per heavy atom. The van der Waals surface area contributed by atoms with Gasteiger partial charge in [-0.05, 0) is 38.1 Å². The average molecular weight is 347 g/mol. The van der Waals surface area contributed by atoms with E-state index in [1.165, 1.54) is 10.1 Å². The largest absolute Gasteiger partial charge is 0.300 e. The van der Waals surface area contributed by atoms with E-state index in [2.05, 4.69) is 16.3 Å². The molecular formula is C16H15ClN4OS. The van der Waals surface area contributed by atoms with Crippen molar-refractivity contribution >= 4 is 29.0 Å². The highest BCUT2D eigenvalue weighted by Gasteiger charge is 2.11. The smallest absolute Gasteiger partial charge is 0.280 e. The lowest BCUT2D eigenvalue weighted by molar-refractivity contribution is 0.894. The summed E-state index contributed by atoms with van der Waals surface area (Å²) in [5.41, 5.74) is 2.08. The van der Waals surface area contributed by atoms with Gasteiger partial charge in [0, 0.05) is 28.9 Å². The van der Waals surface area contributed by atoms with E-state index in [0.717, 1.165) is 11.4 Å². The predicted molar refractivity (Wildman–Crippen MR) is 93.7 cm³/mol. The predicted octanol–water partition coefficient (Wildman–Crippen LogP) is 3.59. The second-order valence-corrected chi connectivity index (χ2v) is 6.64. The first-order valence-electron chi connectivity index (χ1n) is 7.05. The van der Waals surface area contributed by atoms with E-state index in [1.807, 2.05) is 13.8 Å². The van der Waals surface area contributed by atoms with E-state index in [0.29, 0.717) is 15.8 Å². The maximum atomic E-state index is 12.6. The van der Waals surface area contributed by atoms with Crippen LogP contribution in [0.15, 0.2) is 58.3 Å². The standard InChI is InChI=1S/C16H15ClN4OS/c1-11(2)7-10-23-16-19-18-14-15(22)20(8-9-21(14)16)13-5-3-12(17)4-6-13/h3-9H,10H2,1-2H3. The lowest BCUT2D eigenvalue weighted by atomic mass is 10.3. The lowest BCUT2D eigenvalue weighted by Crippen LogP contribution is -2.20. The van der Waals surface area contributed by atoms with E-state index in [9.17, 15) is 4.79 Å². The number of thioether (sulfide) groups is 1. The summed E-state index contributed by atoms with van der Waals surface area (Å²) in [6.45, 7) is 4.10. The minimum atomic E-state index is -0.212. The van der Waals surface area contributed by atoms with Crippen molar-refractivity contribution in [1.82, 2.24) is 19.2 Å². The van der Waals surface area contributed by atoms with Gasteiger partial charge >= 0.3 is 5.56 Å². The molecule has 0 bridgehead atoms. The fraction of sp³-hybridized carbons (Fsp3) is 0.188. The molecule has 0 N–H and O–H groups in total. The number of rotatable bonds is 4. The Balaban J connectivity index is 1.99. The van der Waals surface area contributed by atoms with Crippen LogP contribution in [0.1, 0.15) is 13.8 Å². The molecular weight excluding hydrogens is 332 g/mol. The van der Waals surface area contributed by atoms with Gasteiger partial charge < -0.3 is 0 Å². The van der Waals surface area contributed by atoms with Crippen LogP contribution >= 0.6 is 23.4 Å². The molecule has 118 valence electrons. The van der Waals surface area contributed by atoms with Crippen LogP contribution in [0.3, 0.4) is 0 Å². The summed E-state index contributed by atoms with van der Waals surface area (Å²) in [7, 11) is 0. The van der Waals surface area contributed by atoms with Gasteiger partial charge in [-0.25, -0.2) is 0 Å².